The Hall–Kier alpha value is -2.56. The van der Waals surface area contributed by atoms with Gasteiger partial charge in [-0.1, -0.05) is 45.9 Å². The summed E-state index contributed by atoms with van der Waals surface area (Å²) in [6, 6.07) is 8.05. The van der Waals surface area contributed by atoms with E-state index in [2.05, 4.69) is 24.9 Å². The third-order valence-electron chi connectivity index (χ3n) is 5.68. The molecule has 3 rings (SSSR count). The van der Waals surface area contributed by atoms with Crippen molar-refractivity contribution < 1.29 is 14.3 Å². The van der Waals surface area contributed by atoms with Crippen LogP contribution in [0.15, 0.2) is 30.5 Å². The molecule has 1 aromatic carbocycles. The number of fused-ring (bicyclic) bond motifs is 3. The minimum atomic E-state index is -0.409. The molecule has 2 aromatic rings. The molecule has 0 aliphatic carbocycles. The topological polar surface area (TPSA) is 62.4 Å². The molecular weight excluding hydrogens is 364 g/mol. The molecule has 0 fully saturated rings. The lowest BCUT2D eigenvalue weighted by molar-refractivity contribution is -0.140. The lowest BCUT2D eigenvalue weighted by Crippen LogP contribution is -2.39. The lowest BCUT2D eigenvalue weighted by atomic mass is 9.81. The van der Waals surface area contributed by atoms with Gasteiger partial charge in [-0.25, -0.2) is 4.79 Å². The minimum Gasteiger partial charge on any atom is -0.459 e. The SMILES string of the molecule is CCC(CC)C(=O)N1C=C(C(=O)OC(C)C)c2[nH]c3ccccc3c2C(C)(C)C1. The number of rotatable bonds is 5. The summed E-state index contributed by atoms with van der Waals surface area (Å²) in [4.78, 5) is 31.4. The molecule has 0 saturated heterocycles. The van der Waals surface area contributed by atoms with E-state index in [9.17, 15) is 9.59 Å². The van der Waals surface area contributed by atoms with Gasteiger partial charge in [0.1, 0.15) is 0 Å². The molecule has 1 aliphatic rings. The van der Waals surface area contributed by atoms with Crippen molar-refractivity contribution in [1.29, 1.82) is 0 Å². The Balaban J connectivity index is 2.21. The number of para-hydroxylation sites is 1. The van der Waals surface area contributed by atoms with Gasteiger partial charge in [0.2, 0.25) is 5.91 Å². The number of amides is 1. The van der Waals surface area contributed by atoms with Crippen molar-refractivity contribution in [2.75, 3.05) is 6.54 Å². The van der Waals surface area contributed by atoms with Crippen molar-refractivity contribution in [1.82, 2.24) is 9.88 Å². The fourth-order valence-corrected chi connectivity index (χ4v) is 4.26. The molecule has 0 saturated carbocycles. The second-order valence-electron chi connectivity index (χ2n) is 8.78. The average Bonchev–Trinajstić information content (AvgIpc) is 2.99. The van der Waals surface area contributed by atoms with E-state index in [4.69, 9.17) is 4.74 Å². The number of esters is 1. The third-order valence-corrected chi connectivity index (χ3v) is 5.68. The second kappa shape index (κ2) is 8.05. The summed E-state index contributed by atoms with van der Waals surface area (Å²) < 4.78 is 5.54. The van der Waals surface area contributed by atoms with Gasteiger partial charge in [-0.05, 0) is 38.3 Å². The largest absolute Gasteiger partial charge is 0.459 e. The maximum atomic E-state index is 13.2. The van der Waals surface area contributed by atoms with Crippen LogP contribution in [0.1, 0.15) is 65.6 Å². The van der Waals surface area contributed by atoms with Crippen LogP contribution in [-0.2, 0) is 19.7 Å². The van der Waals surface area contributed by atoms with Crippen LogP contribution in [0.3, 0.4) is 0 Å². The summed E-state index contributed by atoms with van der Waals surface area (Å²) in [7, 11) is 0. The van der Waals surface area contributed by atoms with Crippen molar-refractivity contribution in [3.05, 3.63) is 41.7 Å². The van der Waals surface area contributed by atoms with Gasteiger partial charge in [-0.15, -0.1) is 0 Å². The standard InChI is InChI=1S/C24H32N2O3/c1-7-16(8-2)22(27)26-13-18(23(28)29-15(3)4)21-20(24(5,6)14-26)17-11-9-10-12-19(17)25-21/h9-13,15-16,25H,7-8,14H2,1-6H3. The quantitative estimate of drug-likeness (QED) is 0.722. The number of aromatic amines is 1. The normalized spacial score (nSPS) is 16.0. The number of nitrogens with one attached hydrogen (secondary N) is 1. The summed E-state index contributed by atoms with van der Waals surface area (Å²) in [6.07, 6.45) is 3.02. The van der Waals surface area contributed by atoms with E-state index in [1.165, 1.54) is 0 Å². The van der Waals surface area contributed by atoms with Crippen molar-refractivity contribution in [2.45, 2.75) is 65.9 Å². The molecule has 2 heterocycles. The Morgan fingerprint density at radius 2 is 1.83 bits per heavy atom. The number of H-pyrrole nitrogens is 1. The first-order chi connectivity index (χ1) is 13.7. The monoisotopic (exact) mass is 396 g/mol. The summed E-state index contributed by atoms with van der Waals surface area (Å²) in [6.45, 7) is 12.5. The van der Waals surface area contributed by atoms with Crippen LogP contribution in [0.25, 0.3) is 16.5 Å². The van der Waals surface area contributed by atoms with Gasteiger partial charge in [-0.2, -0.15) is 0 Å². The molecule has 1 aromatic heterocycles. The second-order valence-corrected chi connectivity index (χ2v) is 8.78. The Kier molecular flexibility index (Phi) is 5.87. The number of hydrogen-bond donors (Lipinski definition) is 1. The van der Waals surface area contributed by atoms with Crippen LogP contribution < -0.4 is 0 Å². The molecule has 5 nitrogen and oxygen atoms in total. The fraction of sp³-hybridized carbons (Fsp3) is 0.500. The number of carbonyl (C=O) groups is 2. The number of aromatic nitrogens is 1. The number of ether oxygens (including phenoxy) is 1. The number of benzene rings is 1. The fourth-order valence-electron chi connectivity index (χ4n) is 4.26. The minimum absolute atomic E-state index is 0.0578. The van der Waals surface area contributed by atoms with Crippen LogP contribution in [0, 0.1) is 5.92 Å². The van der Waals surface area contributed by atoms with Gasteiger partial charge in [0.25, 0.3) is 0 Å². The predicted molar refractivity (Wildman–Crippen MR) is 116 cm³/mol. The molecule has 1 N–H and O–H groups in total. The number of carbonyl (C=O) groups excluding carboxylic acids is 2. The maximum absolute atomic E-state index is 13.2. The highest BCUT2D eigenvalue weighted by molar-refractivity contribution is 6.18. The Morgan fingerprint density at radius 1 is 1.17 bits per heavy atom. The van der Waals surface area contributed by atoms with E-state index in [0.29, 0.717) is 12.1 Å². The van der Waals surface area contributed by atoms with E-state index >= 15 is 0 Å². The molecule has 29 heavy (non-hydrogen) atoms. The Labute approximate surface area is 173 Å². The predicted octanol–water partition coefficient (Wildman–Crippen LogP) is 5.02. The van der Waals surface area contributed by atoms with Gasteiger partial charge in [-0.3, -0.25) is 4.79 Å². The molecule has 0 spiro atoms. The van der Waals surface area contributed by atoms with E-state index in [0.717, 1.165) is 35.0 Å². The molecule has 1 aliphatic heterocycles. The first-order valence-electron chi connectivity index (χ1n) is 10.5. The number of hydrogen-bond acceptors (Lipinski definition) is 3. The highest BCUT2D eigenvalue weighted by atomic mass is 16.5. The third kappa shape index (κ3) is 3.96. The lowest BCUT2D eigenvalue weighted by Gasteiger charge is -2.31. The molecule has 5 heteroatoms. The zero-order valence-electron chi connectivity index (χ0n) is 18.3. The van der Waals surface area contributed by atoms with E-state index in [-0.39, 0.29) is 23.3 Å². The first kappa shape index (κ1) is 21.2. The van der Waals surface area contributed by atoms with E-state index in [1.54, 1.807) is 11.1 Å². The van der Waals surface area contributed by atoms with Crippen LogP contribution in [0.4, 0.5) is 0 Å². The molecule has 0 atom stereocenters. The van der Waals surface area contributed by atoms with E-state index in [1.807, 2.05) is 45.9 Å². The molecular formula is C24H32N2O3. The summed E-state index contributed by atoms with van der Waals surface area (Å²) >= 11 is 0. The summed E-state index contributed by atoms with van der Waals surface area (Å²) in [5.41, 5.74) is 2.86. The number of nitrogens with zero attached hydrogens (tertiary/aromatic N) is 1. The van der Waals surface area contributed by atoms with Crippen molar-refractivity contribution in [3.8, 4) is 0 Å². The molecule has 1 amide bonds. The Morgan fingerprint density at radius 3 is 2.45 bits per heavy atom. The van der Waals surface area contributed by atoms with Crippen molar-refractivity contribution in [2.24, 2.45) is 5.92 Å². The van der Waals surface area contributed by atoms with Gasteiger partial charge >= 0.3 is 5.97 Å². The zero-order chi connectivity index (χ0) is 21.3. The maximum Gasteiger partial charge on any atom is 0.342 e. The van der Waals surface area contributed by atoms with Gasteiger partial charge in [0.05, 0.1) is 17.4 Å². The smallest absolute Gasteiger partial charge is 0.342 e. The van der Waals surface area contributed by atoms with E-state index < -0.39 is 5.97 Å². The first-order valence-corrected chi connectivity index (χ1v) is 10.5. The van der Waals surface area contributed by atoms with Crippen molar-refractivity contribution in [3.63, 3.8) is 0 Å². The van der Waals surface area contributed by atoms with Gasteiger partial charge in [0, 0.05) is 35.0 Å². The molecule has 0 radical (unpaired) electrons. The van der Waals surface area contributed by atoms with Crippen molar-refractivity contribution >= 4 is 28.4 Å². The molecule has 0 unspecified atom stereocenters. The molecule has 156 valence electrons. The Bertz CT molecular complexity index is 948. The van der Waals surface area contributed by atoms with Gasteiger partial charge in [0.15, 0.2) is 0 Å². The van der Waals surface area contributed by atoms with Crippen LogP contribution in [0.5, 0.6) is 0 Å². The average molecular weight is 397 g/mol. The van der Waals surface area contributed by atoms with Crippen LogP contribution in [-0.4, -0.2) is 34.4 Å². The summed E-state index contributed by atoms with van der Waals surface area (Å²) in [5, 5.41) is 1.08. The van der Waals surface area contributed by atoms with Crippen LogP contribution in [0.2, 0.25) is 0 Å². The highest BCUT2D eigenvalue weighted by Gasteiger charge is 2.38. The van der Waals surface area contributed by atoms with Gasteiger partial charge < -0.3 is 14.6 Å². The summed E-state index contributed by atoms with van der Waals surface area (Å²) in [5.74, 6) is -0.405. The zero-order valence-corrected chi connectivity index (χ0v) is 18.3. The molecule has 0 bridgehead atoms. The van der Waals surface area contributed by atoms with Crippen LogP contribution >= 0.6 is 0 Å². The highest BCUT2D eigenvalue weighted by Crippen LogP contribution is 2.40.